The Balaban J connectivity index is 1.42. The van der Waals surface area contributed by atoms with Crippen LogP contribution in [0.5, 0.6) is 0 Å². The summed E-state index contributed by atoms with van der Waals surface area (Å²) >= 11 is 0. The van der Waals surface area contributed by atoms with Crippen LogP contribution in [0.4, 0.5) is 0 Å². The predicted octanol–water partition coefficient (Wildman–Crippen LogP) is 2.30. The van der Waals surface area contributed by atoms with Gasteiger partial charge in [0.2, 0.25) is 0 Å². The van der Waals surface area contributed by atoms with E-state index in [0.29, 0.717) is 24.7 Å². The lowest BCUT2D eigenvalue weighted by Crippen LogP contribution is -2.40. The van der Waals surface area contributed by atoms with Gasteiger partial charge in [0.15, 0.2) is 0 Å². The molecule has 7 nitrogen and oxygen atoms in total. The summed E-state index contributed by atoms with van der Waals surface area (Å²) in [5.74, 6) is 0.407. The van der Waals surface area contributed by atoms with Gasteiger partial charge in [0.05, 0.1) is 17.4 Å². The first kappa shape index (κ1) is 18.4. The van der Waals surface area contributed by atoms with Crippen LogP contribution in [0.1, 0.15) is 34.5 Å². The van der Waals surface area contributed by atoms with Crippen molar-refractivity contribution >= 4 is 16.9 Å². The van der Waals surface area contributed by atoms with Crippen molar-refractivity contribution in [2.45, 2.75) is 33.2 Å². The van der Waals surface area contributed by atoms with Crippen LogP contribution in [0.25, 0.3) is 11.0 Å². The molecule has 4 rings (SSSR count). The first-order chi connectivity index (χ1) is 13.4. The summed E-state index contributed by atoms with van der Waals surface area (Å²) in [6.45, 7) is 6.57. The first-order valence-electron chi connectivity index (χ1n) is 9.68. The fourth-order valence-electron chi connectivity index (χ4n) is 3.83. The normalized spacial score (nSPS) is 15.3. The Morgan fingerprint density at radius 1 is 1.14 bits per heavy atom. The average molecular weight is 379 g/mol. The number of piperidine rings is 1. The molecule has 0 unspecified atom stereocenters. The molecule has 146 valence electrons. The molecule has 1 saturated heterocycles. The van der Waals surface area contributed by atoms with E-state index >= 15 is 0 Å². The number of carbonyl (C=O) groups excluding carboxylic acids is 1. The van der Waals surface area contributed by atoms with Crippen molar-refractivity contribution in [2.75, 3.05) is 13.1 Å². The van der Waals surface area contributed by atoms with E-state index in [-0.39, 0.29) is 11.5 Å². The van der Waals surface area contributed by atoms with E-state index in [9.17, 15) is 9.59 Å². The van der Waals surface area contributed by atoms with E-state index < -0.39 is 0 Å². The molecule has 0 N–H and O–H groups in total. The number of fused-ring (bicyclic) bond motifs is 1. The molecule has 2 aromatic heterocycles. The minimum atomic E-state index is -0.215. The Bertz CT molecular complexity index is 1090. The van der Waals surface area contributed by atoms with Crippen LogP contribution in [0.2, 0.25) is 0 Å². The van der Waals surface area contributed by atoms with Crippen LogP contribution in [0, 0.1) is 19.8 Å². The van der Waals surface area contributed by atoms with Gasteiger partial charge in [-0.3, -0.25) is 9.59 Å². The van der Waals surface area contributed by atoms with Gasteiger partial charge >= 0.3 is 0 Å². The lowest BCUT2D eigenvalue weighted by Gasteiger charge is -2.32. The van der Waals surface area contributed by atoms with Gasteiger partial charge in [-0.2, -0.15) is 5.10 Å². The van der Waals surface area contributed by atoms with Crippen LogP contribution in [-0.4, -0.2) is 43.2 Å². The summed E-state index contributed by atoms with van der Waals surface area (Å²) in [4.78, 5) is 30.5. The second-order valence-electron chi connectivity index (χ2n) is 7.74. The number of imidazole rings is 1. The number of hydrogen-bond acceptors (Lipinski definition) is 4. The molecule has 1 aromatic carbocycles. The molecule has 0 saturated carbocycles. The van der Waals surface area contributed by atoms with E-state index in [1.54, 1.807) is 7.05 Å². The Morgan fingerprint density at radius 3 is 2.57 bits per heavy atom. The van der Waals surface area contributed by atoms with Crippen LogP contribution >= 0.6 is 0 Å². The Kier molecular flexibility index (Phi) is 4.75. The summed E-state index contributed by atoms with van der Waals surface area (Å²) in [5.41, 5.74) is 4.86. The number of hydrogen-bond donors (Lipinski definition) is 0. The summed E-state index contributed by atoms with van der Waals surface area (Å²) in [7, 11) is 1.56. The molecule has 1 fully saturated rings. The fourth-order valence-corrected chi connectivity index (χ4v) is 3.83. The predicted molar refractivity (Wildman–Crippen MR) is 107 cm³/mol. The van der Waals surface area contributed by atoms with Gasteiger partial charge in [-0.15, -0.1) is 0 Å². The van der Waals surface area contributed by atoms with Crippen molar-refractivity contribution in [3.05, 3.63) is 57.8 Å². The van der Waals surface area contributed by atoms with Gasteiger partial charge < -0.3 is 9.47 Å². The van der Waals surface area contributed by atoms with E-state index in [1.165, 1.54) is 33.5 Å². The second kappa shape index (κ2) is 7.22. The quantitative estimate of drug-likeness (QED) is 0.700. The molecule has 0 spiro atoms. The molecule has 1 aliphatic rings. The van der Waals surface area contributed by atoms with Gasteiger partial charge in [-0.05, 0) is 61.9 Å². The molecule has 7 heteroatoms. The lowest BCUT2D eigenvalue weighted by molar-refractivity contribution is 0.0675. The third-order valence-electron chi connectivity index (χ3n) is 5.77. The molecule has 28 heavy (non-hydrogen) atoms. The standard InChI is InChI=1S/C21H25N5O2/c1-14-10-18-19(11-15(14)2)26(13-22-18)12-16-6-8-25(9-7-16)21(28)17-4-5-20(27)24(3)23-17/h4-5,10-11,13,16H,6-9,12H2,1-3H3. The number of nitrogens with zero attached hydrogens (tertiary/aromatic N) is 5. The maximum atomic E-state index is 12.7. The van der Waals surface area contributed by atoms with Crippen LogP contribution in [0.15, 0.2) is 35.4 Å². The molecule has 0 atom stereocenters. The zero-order valence-corrected chi connectivity index (χ0v) is 16.6. The largest absolute Gasteiger partial charge is 0.337 e. The zero-order valence-electron chi connectivity index (χ0n) is 16.6. The number of aryl methyl sites for hydroxylation is 3. The highest BCUT2D eigenvalue weighted by Crippen LogP contribution is 2.24. The zero-order chi connectivity index (χ0) is 19.8. The van der Waals surface area contributed by atoms with Gasteiger partial charge in [0, 0.05) is 32.7 Å². The van der Waals surface area contributed by atoms with E-state index in [1.807, 2.05) is 11.2 Å². The molecule has 0 radical (unpaired) electrons. The highest BCUT2D eigenvalue weighted by molar-refractivity contribution is 5.92. The molecular weight excluding hydrogens is 354 g/mol. The minimum Gasteiger partial charge on any atom is -0.337 e. The number of likely N-dealkylation sites (tertiary alicyclic amines) is 1. The number of amides is 1. The van der Waals surface area contributed by atoms with Crippen molar-refractivity contribution in [3.8, 4) is 0 Å². The maximum absolute atomic E-state index is 12.7. The van der Waals surface area contributed by atoms with Crippen molar-refractivity contribution in [2.24, 2.45) is 13.0 Å². The number of rotatable bonds is 3. The van der Waals surface area contributed by atoms with E-state index in [4.69, 9.17) is 0 Å². The van der Waals surface area contributed by atoms with E-state index in [2.05, 4.69) is 40.6 Å². The summed E-state index contributed by atoms with van der Waals surface area (Å²) in [5, 5.41) is 4.08. The molecule has 0 aliphatic carbocycles. The third-order valence-corrected chi connectivity index (χ3v) is 5.77. The van der Waals surface area contributed by atoms with Gasteiger partial charge in [0.1, 0.15) is 5.69 Å². The second-order valence-corrected chi connectivity index (χ2v) is 7.74. The minimum absolute atomic E-state index is 0.103. The molecule has 3 aromatic rings. The fraction of sp³-hybridized carbons (Fsp3) is 0.429. The molecule has 1 aliphatic heterocycles. The average Bonchev–Trinajstić information content (AvgIpc) is 3.06. The Morgan fingerprint density at radius 2 is 1.86 bits per heavy atom. The van der Waals surface area contributed by atoms with Gasteiger partial charge in [-0.25, -0.2) is 9.67 Å². The Hall–Kier alpha value is -2.96. The van der Waals surface area contributed by atoms with Crippen molar-refractivity contribution in [1.82, 2.24) is 24.2 Å². The molecule has 0 bridgehead atoms. The van der Waals surface area contributed by atoms with Gasteiger partial charge in [0.25, 0.3) is 11.5 Å². The SMILES string of the molecule is Cc1cc2ncn(CC3CCN(C(=O)c4ccc(=O)n(C)n4)CC3)c2cc1C. The monoisotopic (exact) mass is 379 g/mol. The van der Waals surface area contributed by atoms with E-state index in [0.717, 1.165) is 24.9 Å². The topological polar surface area (TPSA) is 73.0 Å². The summed E-state index contributed by atoms with van der Waals surface area (Å²) < 4.78 is 3.44. The summed E-state index contributed by atoms with van der Waals surface area (Å²) in [6, 6.07) is 7.25. The van der Waals surface area contributed by atoms with Crippen molar-refractivity contribution < 1.29 is 4.79 Å². The summed E-state index contributed by atoms with van der Waals surface area (Å²) in [6.07, 6.45) is 3.82. The number of benzene rings is 1. The Labute approximate surface area is 163 Å². The van der Waals surface area contributed by atoms with Crippen molar-refractivity contribution in [1.29, 1.82) is 0 Å². The molecular formula is C21H25N5O2. The number of carbonyl (C=O) groups is 1. The highest BCUT2D eigenvalue weighted by Gasteiger charge is 2.25. The van der Waals surface area contributed by atoms with Crippen LogP contribution in [0.3, 0.4) is 0 Å². The van der Waals surface area contributed by atoms with Crippen molar-refractivity contribution in [3.63, 3.8) is 0 Å². The smallest absolute Gasteiger partial charge is 0.274 e. The third kappa shape index (κ3) is 3.44. The highest BCUT2D eigenvalue weighted by atomic mass is 16.2. The van der Waals surface area contributed by atoms with Gasteiger partial charge in [-0.1, -0.05) is 0 Å². The maximum Gasteiger partial charge on any atom is 0.274 e. The molecule has 1 amide bonds. The first-order valence-corrected chi connectivity index (χ1v) is 9.68. The van der Waals surface area contributed by atoms with Crippen LogP contribution in [-0.2, 0) is 13.6 Å². The lowest BCUT2D eigenvalue weighted by atomic mass is 9.96. The van der Waals surface area contributed by atoms with Crippen LogP contribution < -0.4 is 5.56 Å². The molecule has 3 heterocycles. The number of aromatic nitrogens is 4.